The molecule has 0 saturated carbocycles. The Balaban J connectivity index is 2.34. The van der Waals surface area contributed by atoms with Crippen molar-refractivity contribution in [3.8, 4) is 6.19 Å². The molecule has 1 aliphatic heterocycles. The van der Waals surface area contributed by atoms with Crippen LogP contribution in [0.4, 0.5) is 0 Å². The van der Waals surface area contributed by atoms with E-state index in [0.717, 1.165) is 12.8 Å². The van der Waals surface area contributed by atoms with Crippen molar-refractivity contribution in [2.45, 2.75) is 18.9 Å². The van der Waals surface area contributed by atoms with Crippen LogP contribution >= 0.6 is 0 Å². The monoisotopic (exact) mass is 140 g/mol. The van der Waals surface area contributed by atoms with E-state index >= 15 is 0 Å². The summed E-state index contributed by atoms with van der Waals surface area (Å²) in [7, 11) is 0. The summed E-state index contributed by atoms with van der Waals surface area (Å²) in [6, 6.07) is 0. The highest BCUT2D eigenvalue weighted by molar-refractivity contribution is 5.82. The zero-order valence-electron chi connectivity index (χ0n) is 5.46. The second-order valence-corrected chi connectivity index (χ2v) is 2.10. The zero-order valence-corrected chi connectivity index (χ0v) is 5.46. The molecule has 0 aromatic heterocycles. The van der Waals surface area contributed by atoms with Gasteiger partial charge in [-0.05, 0) is 12.8 Å². The number of hydrogen-bond donors (Lipinski definition) is 1. The number of rotatable bonds is 1. The van der Waals surface area contributed by atoms with Crippen LogP contribution in [-0.2, 0) is 9.53 Å². The molecular formula is C6H8N2O2. The van der Waals surface area contributed by atoms with E-state index in [0.29, 0.717) is 6.61 Å². The molecule has 0 spiro atoms. The Morgan fingerprint density at radius 2 is 2.60 bits per heavy atom. The fourth-order valence-corrected chi connectivity index (χ4v) is 0.920. The van der Waals surface area contributed by atoms with Crippen LogP contribution in [-0.4, -0.2) is 18.6 Å². The van der Waals surface area contributed by atoms with Crippen LogP contribution in [0.3, 0.4) is 0 Å². The second kappa shape index (κ2) is 3.18. The van der Waals surface area contributed by atoms with E-state index in [-0.39, 0.29) is 12.0 Å². The molecule has 10 heavy (non-hydrogen) atoms. The summed E-state index contributed by atoms with van der Waals surface area (Å²) in [6.45, 7) is 0.628. The SMILES string of the molecule is N#CNC(=O)C1CCCO1. The molecule has 0 aromatic rings. The Bertz CT molecular complexity index is 167. The fraction of sp³-hybridized carbons (Fsp3) is 0.667. The minimum absolute atomic E-state index is 0.319. The zero-order chi connectivity index (χ0) is 7.40. The van der Waals surface area contributed by atoms with Crippen LogP contribution in [0.2, 0.25) is 0 Å². The number of nitriles is 1. The van der Waals surface area contributed by atoms with Crippen LogP contribution in [0.25, 0.3) is 0 Å². The number of hydrogen-bond acceptors (Lipinski definition) is 3. The maximum Gasteiger partial charge on any atom is 0.262 e. The summed E-state index contributed by atoms with van der Waals surface area (Å²) < 4.78 is 5.00. The van der Waals surface area contributed by atoms with Crippen molar-refractivity contribution in [3.05, 3.63) is 0 Å². The molecular weight excluding hydrogens is 132 g/mol. The molecule has 54 valence electrons. The maximum atomic E-state index is 10.8. The van der Waals surface area contributed by atoms with Gasteiger partial charge in [0.05, 0.1) is 0 Å². The van der Waals surface area contributed by atoms with Gasteiger partial charge in [-0.1, -0.05) is 0 Å². The average molecular weight is 140 g/mol. The molecule has 1 N–H and O–H groups in total. The van der Waals surface area contributed by atoms with Gasteiger partial charge < -0.3 is 4.74 Å². The standard InChI is InChI=1S/C6H8N2O2/c7-4-8-6(9)5-2-1-3-10-5/h5H,1-3H2,(H,8,9). The van der Waals surface area contributed by atoms with Crippen molar-refractivity contribution in [1.29, 1.82) is 5.26 Å². The lowest BCUT2D eigenvalue weighted by Crippen LogP contribution is -2.30. The number of amides is 1. The van der Waals surface area contributed by atoms with Gasteiger partial charge >= 0.3 is 0 Å². The molecule has 0 aliphatic carbocycles. The van der Waals surface area contributed by atoms with Crippen LogP contribution < -0.4 is 5.32 Å². The Kier molecular flexibility index (Phi) is 2.24. The third kappa shape index (κ3) is 1.45. The summed E-state index contributed by atoms with van der Waals surface area (Å²) >= 11 is 0. The first kappa shape index (κ1) is 7.03. The molecule has 1 atom stereocenters. The van der Waals surface area contributed by atoms with Gasteiger partial charge in [-0.2, -0.15) is 5.26 Å². The minimum Gasteiger partial charge on any atom is -0.368 e. The lowest BCUT2D eigenvalue weighted by atomic mass is 10.2. The van der Waals surface area contributed by atoms with Crippen molar-refractivity contribution in [1.82, 2.24) is 5.32 Å². The van der Waals surface area contributed by atoms with Crippen LogP contribution in [0, 0.1) is 11.5 Å². The molecule has 0 aromatic carbocycles. The Morgan fingerprint density at radius 3 is 3.10 bits per heavy atom. The van der Waals surface area contributed by atoms with Crippen molar-refractivity contribution in [2.24, 2.45) is 0 Å². The topological polar surface area (TPSA) is 62.1 Å². The third-order valence-corrected chi connectivity index (χ3v) is 1.40. The lowest BCUT2D eigenvalue weighted by molar-refractivity contribution is -0.128. The first-order valence-corrected chi connectivity index (χ1v) is 3.15. The number of carbonyl (C=O) groups is 1. The normalized spacial score (nSPS) is 23.7. The second-order valence-electron chi connectivity index (χ2n) is 2.10. The van der Waals surface area contributed by atoms with E-state index in [4.69, 9.17) is 10.00 Å². The number of carbonyl (C=O) groups excluding carboxylic acids is 1. The minimum atomic E-state index is -0.389. The molecule has 1 saturated heterocycles. The van der Waals surface area contributed by atoms with E-state index in [1.54, 1.807) is 6.19 Å². The molecule has 4 nitrogen and oxygen atoms in total. The van der Waals surface area contributed by atoms with Crippen molar-refractivity contribution < 1.29 is 9.53 Å². The number of ether oxygens (including phenoxy) is 1. The summed E-state index contributed by atoms with van der Waals surface area (Å²) in [5, 5.41) is 10.1. The molecule has 1 aliphatic rings. The molecule has 1 heterocycles. The van der Waals surface area contributed by atoms with Gasteiger partial charge in [-0.15, -0.1) is 0 Å². The van der Waals surface area contributed by atoms with Gasteiger partial charge in [-0.25, -0.2) is 0 Å². The van der Waals surface area contributed by atoms with E-state index in [2.05, 4.69) is 0 Å². The molecule has 1 unspecified atom stereocenters. The van der Waals surface area contributed by atoms with Crippen molar-refractivity contribution in [2.75, 3.05) is 6.61 Å². The van der Waals surface area contributed by atoms with Gasteiger partial charge in [0.1, 0.15) is 6.10 Å². The quantitative estimate of drug-likeness (QED) is 0.404. The highest BCUT2D eigenvalue weighted by Gasteiger charge is 2.22. The van der Waals surface area contributed by atoms with E-state index in [1.165, 1.54) is 0 Å². The molecule has 1 rings (SSSR count). The summed E-state index contributed by atoms with van der Waals surface area (Å²) in [6.07, 6.45) is 2.81. The molecule has 1 fully saturated rings. The largest absolute Gasteiger partial charge is 0.368 e. The van der Waals surface area contributed by atoms with Crippen LogP contribution in [0.5, 0.6) is 0 Å². The van der Waals surface area contributed by atoms with Gasteiger partial charge in [0.2, 0.25) is 0 Å². The van der Waals surface area contributed by atoms with E-state index in [1.807, 2.05) is 5.32 Å². The predicted molar refractivity (Wildman–Crippen MR) is 32.7 cm³/mol. The molecule has 1 amide bonds. The highest BCUT2D eigenvalue weighted by atomic mass is 16.5. The van der Waals surface area contributed by atoms with E-state index in [9.17, 15) is 4.79 Å². The van der Waals surface area contributed by atoms with Gasteiger partial charge in [-0.3, -0.25) is 10.1 Å². The molecule has 4 heteroatoms. The van der Waals surface area contributed by atoms with E-state index < -0.39 is 0 Å². The molecule has 0 radical (unpaired) electrons. The summed E-state index contributed by atoms with van der Waals surface area (Å²) in [4.78, 5) is 10.8. The molecule has 0 bridgehead atoms. The smallest absolute Gasteiger partial charge is 0.262 e. The highest BCUT2D eigenvalue weighted by Crippen LogP contribution is 2.11. The fourth-order valence-electron chi connectivity index (χ4n) is 0.920. The lowest BCUT2D eigenvalue weighted by Gasteiger charge is -2.03. The van der Waals surface area contributed by atoms with Gasteiger partial charge in [0.15, 0.2) is 6.19 Å². The van der Waals surface area contributed by atoms with Gasteiger partial charge in [0, 0.05) is 6.61 Å². The van der Waals surface area contributed by atoms with Crippen molar-refractivity contribution in [3.63, 3.8) is 0 Å². The van der Waals surface area contributed by atoms with Gasteiger partial charge in [0.25, 0.3) is 5.91 Å². The Morgan fingerprint density at radius 1 is 1.80 bits per heavy atom. The first-order valence-electron chi connectivity index (χ1n) is 3.15. The number of nitrogens with one attached hydrogen (secondary N) is 1. The summed E-state index contributed by atoms with van der Waals surface area (Å²) in [5.41, 5.74) is 0. The Labute approximate surface area is 58.8 Å². The summed E-state index contributed by atoms with van der Waals surface area (Å²) in [5.74, 6) is -0.319. The number of nitrogens with zero attached hydrogens (tertiary/aromatic N) is 1. The third-order valence-electron chi connectivity index (χ3n) is 1.40. The first-order chi connectivity index (χ1) is 4.84. The van der Waals surface area contributed by atoms with Crippen LogP contribution in [0.15, 0.2) is 0 Å². The predicted octanol–water partition coefficient (Wildman–Crippen LogP) is -0.237. The Hall–Kier alpha value is -1.08. The van der Waals surface area contributed by atoms with Crippen molar-refractivity contribution >= 4 is 5.91 Å². The van der Waals surface area contributed by atoms with Crippen LogP contribution in [0.1, 0.15) is 12.8 Å². The maximum absolute atomic E-state index is 10.8. The average Bonchev–Trinajstić information content (AvgIpc) is 2.38.